The van der Waals surface area contributed by atoms with E-state index in [-0.39, 0.29) is 5.41 Å². The summed E-state index contributed by atoms with van der Waals surface area (Å²) < 4.78 is 6.10. The first-order chi connectivity index (χ1) is 25.4. The van der Waals surface area contributed by atoms with Gasteiger partial charge in [-0.25, -0.2) is 4.99 Å². The molecule has 0 saturated carbocycles. The summed E-state index contributed by atoms with van der Waals surface area (Å²) in [5.41, 5.74) is 10.1. The van der Waals surface area contributed by atoms with E-state index in [1.165, 1.54) is 27.1 Å². The fraction of sp³-hybridized carbons (Fsp3) is 0.104. The molecule has 0 aromatic heterocycles. The van der Waals surface area contributed by atoms with Crippen LogP contribution in [-0.2, 0) is 6.42 Å². The number of hydrogen-bond acceptors (Lipinski definition) is 3. The highest BCUT2D eigenvalue weighted by molar-refractivity contribution is 6.21. The molecule has 4 nitrogen and oxygen atoms in total. The largest absolute Gasteiger partial charge is 0.458 e. The van der Waals surface area contributed by atoms with E-state index in [9.17, 15) is 0 Å². The lowest BCUT2D eigenvalue weighted by Gasteiger charge is -2.19. The zero-order chi connectivity index (χ0) is 35.9. The van der Waals surface area contributed by atoms with Gasteiger partial charge in [-0.1, -0.05) is 147 Å². The van der Waals surface area contributed by atoms with Crippen LogP contribution in [0.5, 0.6) is 5.75 Å². The fourth-order valence-corrected chi connectivity index (χ4v) is 6.75. The molecule has 7 rings (SSSR count). The summed E-state index contributed by atoms with van der Waals surface area (Å²) in [4.78, 5) is 5.26. The number of benzene rings is 5. The predicted molar refractivity (Wildman–Crippen MR) is 220 cm³/mol. The standard InChI is InChI=1S/C48H41N3O/c1-4-5-12-29-48(3)30-14-19-36(28-31-48)46(40-18-13-15-34(2)52-45-23-11-7-17-39(45)32-40)50-47(51-49)37-26-24-35(25-27-37)44-33-38-16-6-8-20-41(38)42-21-9-10-22-43(42)44/h4-13,15-30,33H,2,31-32,49H2,1,3H3/b5-4-,15-13-,29-12-,40-18+,50-46-,51-47-. The zero-order valence-electron chi connectivity index (χ0n) is 29.6. The van der Waals surface area contributed by atoms with Crippen LogP contribution >= 0.6 is 0 Å². The van der Waals surface area contributed by atoms with Crippen LogP contribution in [0.15, 0.2) is 203 Å². The lowest BCUT2D eigenvalue weighted by Crippen LogP contribution is -2.14. The zero-order valence-corrected chi connectivity index (χ0v) is 29.6. The summed E-state index contributed by atoms with van der Waals surface area (Å²) in [6.07, 6.45) is 22.0. The molecule has 1 heterocycles. The minimum absolute atomic E-state index is 0.207. The van der Waals surface area contributed by atoms with E-state index in [0.717, 1.165) is 45.7 Å². The van der Waals surface area contributed by atoms with Gasteiger partial charge in [0.25, 0.3) is 0 Å². The number of allylic oxidation sites excluding steroid dienone is 11. The summed E-state index contributed by atoms with van der Waals surface area (Å²) in [6.45, 7) is 8.31. The topological polar surface area (TPSA) is 60.0 Å². The molecule has 0 spiro atoms. The third kappa shape index (κ3) is 7.34. The first-order valence-corrected chi connectivity index (χ1v) is 17.6. The van der Waals surface area contributed by atoms with Gasteiger partial charge in [-0.3, -0.25) is 0 Å². The van der Waals surface area contributed by atoms with E-state index in [1.807, 2.05) is 55.5 Å². The Kier molecular flexibility index (Phi) is 9.93. The Morgan fingerprint density at radius 3 is 2.46 bits per heavy atom. The summed E-state index contributed by atoms with van der Waals surface area (Å²) in [7, 11) is 0. The Labute approximate surface area is 306 Å². The van der Waals surface area contributed by atoms with Crippen LogP contribution in [0, 0.1) is 5.41 Å². The van der Waals surface area contributed by atoms with Crippen molar-refractivity contribution in [2.45, 2.75) is 26.7 Å². The predicted octanol–water partition coefficient (Wildman–Crippen LogP) is 11.5. The maximum Gasteiger partial charge on any atom is 0.179 e. The van der Waals surface area contributed by atoms with Gasteiger partial charge in [0.05, 0.1) is 5.71 Å². The van der Waals surface area contributed by atoms with Crippen molar-refractivity contribution in [1.82, 2.24) is 0 Å². The van der Waals surface area contributed by atoms with Crippen LogP contribution in [0.25, 0.3) is 32.7 Å². The van der Waals surface area contributed by atoms with Crippen molar-refractivity contribution in [3.63, 3.8) is 0 Å². The molecule has 0 saturated heterocycles. The van der Waals surface area contributed by atoms with Gasteiger partial charge in [-0.05, 0) is 87.5 Å². The summed E-state index contributed by atoms with van der Waals surface area (Å²) in [5, 5.41) is 9.16. The lowest BCUT2D eigenvalue weighted by molar-refractivity contribution is 0.442. The maximum atomic E-state index is 6.16. The highest BCUT2D eigenvalue weighted by atomic mass is 16.5. The van der Waals surface area contributed by atoms with Crippen molar-refractivity contribution in [3.8, 4) is 16.9 Å². The monoisotopic (exact) mass is 675 g/mol. The van der Waals surface area contributed by atoms with Crippen molar-refractivity contribution in [1.29, 1.82) is 0 Å². The smallest absolute Gasteiger partial charge is 0.179 e. The highest BCUT2D eigenvalue weighted by Crippen LogP contribution is 2.36. The maximum absolute atomic E-state index is 6.16. The van der Waals surface area contributed by atoms with E-state index >= 15 is 0 Å². The number of nitrogens with two attached hydrogens (primary N) is 1. The number of para-hydroxylation sites is 1. The molecule has 0 radical (unpaired) electrons. The average Bonchev–Trinajstić information content (AvgIpc) is 3.31. The number of ether oxygens (including phenoxy) is 1. The molecule has 0 amide bonds. The Hall–Kier alpha value is -6.48. The average molecular weight is 676 g/mol. The summed E-state index contributed by atoms with van der Waals surface area (Å²) in [6, 6.07) is 35.8. The number of rotatable bonds is 6. The van der Waals surface area contributed by atoms with E-state index in [4.69, 9.17) is 15.6 Å². The van der Waals surface area contributed by atoms with Crippen LogP contribution < -0.4 is 10.6 Å². The second kappa shape index (κ2) is 15.2. The van der Waals surface area contributed by atoms with E-state index in [0.29, 0.717) is 18.0 Å². The van der Waals surface area contributed by atoms with Crippen LogP contribution in [-0.4, -0.2) is 11.5 Å². The first kappa shape index (κ1) is 34.0. The second-order valence-electron chi connectivity index (χ2n) is 13.3. The van der Waals surface area contributed by atoms with Crippen LogP contribution in [0.3, 0.4) is 0 Å². The Bertz CT molecular complexity index is 2460. The number of nitrogens with zero attached hydrogens (tertiary/aromatic N) is 2. The molecular weight excluding hydrogens is 635 g/mol. The SMILES string of the molecule is C=C1\C=C/C=C(/C(=N\C(=N/N)c2ccc(-c3cc4ccccc4c4ccccc34)cc2)C2=CCC(C)(/C=C\C=C/C)C=C=C2)Cc2ccccc2O1. The molecule has 254 valence electrons. The van der Waals surface area contributed by atoms with Crippen LogP contribution in [0.2, 0.25) is 0 Å². The van der Waals surface area contributed by atoms with E-state index < -0.39 is 0 Å². The van der Waals surface area contributed by atoms with Gasteiger partial charge in [0.2, 0.25) is 0 Å². The molecule has 5 aromatic carbocycles. The Balaban J connectivity index is 1.32. The second-order valence-corrected chi connectivity index (χ2v) is 13.3. The van der Waals surface area contributed by atoms with Gasteiger partial charge in [0.15, 0.2) is 5.84 Å². The first-order valence-electron chi connectivity index (χ1n) is 17.6. The molecule has 52 heavy (non-hydrogen) atoms. The quantitative estimate of drug-likeness (QED) is 0.0370. The molecule has 2 N–H and O–H groups in total. The molecule has 1 aliphatic carbocycles. The molecule has 0 fully saturated rings. The molecular formula is C48H41N3O. The van der Waals surface area contributed by atoms with Gasteiger partial charge in [0.1, 0.15) is 11.5 Å². The van der Waals surface area contributed by atoms with Crippen molar-refractivity contribution in [2.75, 3.05) is 0 Å². The van der Waals surface area contributed by atoms with Gasteiger partial charge < -0.3 is 10.6 Å². The third-order valence-electron chi connectivity index (χ3n) is 9.51. The van der Waals surface area contributed by atoms with Gasteiger partial charge in [-0.15, -0.1) is 5.73 Å². The molecule has 5 aromatic rings. The van der Waals surface area contributed by atoms with Crippen LogP contribution in [0.1, 0.15) is 31.4 Å². The number of hydrogen-bond donors (Lipinski definition) is 1. The summed E-state index contributed by atoms with van der Waals surface area (Å²) in [5.74, 6) is 7.92. The molecule has 1 atom stereocenters. The highest BCUT2D eigenvalue weighted by Gasteiger charge is 2.22. The minimum Gasteiger partial charge on any atom is -0.458 e. The van der Waals surface area contributed by atoms with E-state index in [1.54, 1.807) is 0 Å². The van der Waals surface area contributed by atoms with Gasteiger partial charge >= 0.3 is 0 Å². The van der Waals surface area contributed by atoms with Crippen molar-refractivity contribution < 1.29 is 4.74 Å². The van der Waals surface area contributed by atoms with Crippen molar-refractivity contribution >= 4 is 33.1 Å². The fourth-order valence-electron chi connectivity index (χ4n) is 6.75. The minimum atomic E-state index is -0.207. The number of hydrazone groups is 1. The molecule has 1 unspecified atom stereocenters. The van der Waals surface area contributed by atoms with E-state index in [2.05, 4.69) is 140 Å². The van der Waals surface area contributed by atoms with Crippen LogP contribution in [0.4, 0.5) is 0 Å². The molecule has 4 heteroatoms. The Morgan fingerprint density at radius 2 is 1.65 bits per heavy atom. The Morgan fingerprint density at radius 1 is 0.904 bits per heavy atom. The number of fused-ring (bicyclic) bond motifs is 4. The summed E-state index contributed by atoms with van der Waals surface area (Å²) >= 11 is 0. The molecule has 1 aliphatic heterocycles. The van der Waals surface area contributed by atoms with Crippen molar-refractivity contribution in [2.24, 2.45) is 21.4 Å². The van der Waals surface area contributed by atoms with Gasteiger partial charge in [0, 0.05) is 23.0 Å². The number of aliphatic imine (C=N–C) groups is 1. The van der Waals surface area contributed by atoms with Crippen molar-refractivity contribution in [3.05, 3.63) is 204 Å². The third-order valence-corrected chi connectivity index (χ3v) is 9.51. The molecule has 2 aliphatic rings. The molecule has 0 bridgehead atoms. The lowest BCUT2D eigenvalue weighted by atomic mass is 9.85. The normalized spacial score (nSPS) is 19.8. The number of amidine groups is 1. The van der Waals surface area contributed by atoms with Gasteiger partial charge in [-0.2, -0.15) is 5.10 Å².